The number of hydrogen-bond donors (Lipinski definition) is 2. The van der Waals surface area contributed by atoms with Crippen LogP contribution in [0.3, 0.4) is 0 Å². The first-order valence-electron chi connectivity index (χ1n) is 11.0. The van der Waals surface area contributed by atoms with E-state index in [0.29, 0.717) is 17.2 Å². The molecule has 172 valence electrons. The Balaban J connectivity index is 2.13. The van der Waals surface area contributed by atoms with Gasteiger partial charge in [-0.1, -0.05) is 18.2 Å². The lowest BCUT2D eigenvalue weighted by atomic mass is 9.95. The first-order chi connectivity index (χ1) is 14.9. The second kappa shape index (κ2) is 9.19. The standard InChI is InChI=1S/C25H34FN4OP/c1-14(2)27-23-13-22-21(12-24(23)32(7,8)31)25(30-18(6)29-22)28-17(5)20-11-9-10-19(15(20)3)16(4)26/h9-14,16-17,27H,1-8H3,(H,28,29,30). The van der Waals surface area contributed by atoms with E-state index in [-0.39, 0.29) is 12.1 Å². The molecular formula is C25H34FN4OP. The zero-order valence-corrected chi connectivity index (χ0v) is 21.1. The Bertz CT molecular complexity index is 1190. The Morgan fingerprint density at radius 2 is 1.62 bits per heavy atom. The highest BCUT2D eigenvalue weighted by Gasteiger charge is 2.21. The molecule has 5 nitrogen and oxygen atoms in total. The van der Waals surface area contributed by atoms with Crippen LogP contribution in [0.1, 0.15) is 62.4 Å². The van der Waals surface area contributed by atoms with Crippen LogP contribution in [0.2, 0.25) is 0 Å². The number of anilines is 2. The lowest BCUT2D eigenvalue weighted by Crippen LogP contribution is -2.19. The van der Waals surface area contributed by atoms with Gasteiger partial charge in [0.05, 0.1) is 11.6 Å². The minimum absolute atomic E-state index is 0.0989. The van der Waals surface area contributed by atoms with Crippen molar-refractivity contribution in [1.29, 1.82) is 0 Å². The highest BCUT2D eigenvalue weighted by Crippen LogP contribution is 2.40. The van der Waals surface area contributed by atoms with Gasteiger partial charge in [-0.15, -0.1) is 0 Å². The third kappa shape index (κ3) is 5.12. The van der Waals surface area contributed by atoms with Crippen molar-refractivity contribution in [2.75, 3.05) is 24.0 Å². The number of hydrogen-bond acceptors (Lipinski definition) is 5. The normalized spacial score (nSPS) is 13.9. The second-order valence-corrected chi connectivity index (χ2v) is 12.4. The van der Waals surface area contributed by atoms with Crippen molar-refractivity contribution in [2.45, 2.75) is 59.8 Å². The molecule has 1 aromatic heterocycles. The van der Waals surface area contributed by atoms with Crippen LogP contribution in [0.4, 0.5) is 15.9 Å². The lowest BCUT2D eigenvalue weighted by molar-refractivity contribution is 0.372. The molecule has 1 heterocycles. The molecule has 2 atom stereocenters. The Morgan fingerprint density at radius 1 is 0.969 bits per heavy atom. The van der Waals surface area contributed by atoms with Crippen molar-refractivity contribution < 1.29 is 8.96 Å². The number of rotatable bonds is 7. The molecule has 0 spiro atoms. The molecular weight excluding hydrogens is 422 g/mol. The molecule has 0 aliphatic carbocycles. The van der Waals surface area contributed by atoms with Crippen LogP contribution in [-0.2, 0) is 4.57 Å². The van der Waals surface area contributed by atoms with Gasteiger partial charge in [-0.3, -0.25) is 0 Å². The summed E-state index contributed by atoms with van der Waals surface area (Å²) < 4.78 is 27.1. The van der Waals surface area contributed by atoms with Crippen molar-refractivity contribution in [3.05, 3.63) is 52.8 Å². The zero-order chi connectivity index (χ0) is 23.8. The van der Waals surface area contributed by atoms with Gasteiger partial charge < -0.3 is 15.2 Å². The summed E-state index contributed by atoms with van der Waals surface area (Å²) in [5.74, 6) is 1.33. The molecule has 2 unspecified atom stereocenters. The molecule has 0 aliphatic heterocycles. The minimum Gasteiger partial charge on any atom is -0.382 e. The van der Waals surface area contributed by atoms with E-state index in [1.54, 1.807) is 20.3 Å². The summed E-state index contributed by atoms with van der Waals surface area (Å²) in [6, 6.07) is 9.74. The summed E-state index contributed by atoms with van der Waals surface area (Å²) in [4.78, 5) is 9.29. The molecule has 0 radical (unpaired) electrons. The quantitative estimate of drug-likeness (QED) is 0.396. The van der Waals surface area contributed by atoms with Gasteiger partial charge in [0.25, 0.3) is 0 Å². The Hall–Kier alpha value is -2.46. The molecule has 2 N–H and O–H groups in total. The fourth-order valence-corrected chi connectivity index (χ4v) is 5.27. The van der Waals surface area contributed by atoms with Crippen LogP contribution in [0.25, 0.3) is 10.9 Å². The average molecular weight is 457 g/mol. The average Bonchev–Trinajstić information content (AvgIpc) is 2.65. The van der Waals surface area contributed by atoms with Gasteiger partial charge in [0.1, 0.15) is 25.0 Å². The molecule has 3 rings (SSSR count). The van der Waals surface area contributed by atoms with Crippen molar-refractivity contribution in [3.63, 3.8) is 0 Å². The SMILES string of the molecule is Cc1nc(NC(C)c2cccc(C(C)F)c2C)c2cc(P(C)(C)=O)c(NC(C)C)cc2n1. The van der Waals surface area contributed by atoms with Gasteiger partial charge in [-0.2, -0.15) is 0 Å². The summed E-state index contributed by atoms with van der Waals surface area (Å²) in [6.07, 6.45) is -1.03. The van der Waals surface area contributed by atoms with Crippen molar-refractivity contribution in [3.8, 4) is 0 Å². The highest BCUT2D eigenvalue weighted by atomic mass is 31.2. The molecule has 0 amide bonds. The van der Waals surface area contributed by atoms with E-state index in [0.717, 1.165) is 33.0 Å². The van der Waals surface area contributed by atoms with Crippen molar-refractivity contribution in [1.82, 2.24) is 9.97 Å². The van der Waals surface area contributed by atoms with Crippen LogP contribution in [0.15, 0.2) is 30.3 Å². The number of halogens is 1. The van der Waals surface area contributed by atoms with Gasteiger partial charge in [0, 0.05) is 22.4 Å². The smallest absolute Gasteiger partial charge is 0.138 e. The van der Waals surface area contributed by atoms with Gasteiger partial charge >= 0.3 is 0 Å². The van der Waals surface area contributed by atoms with E-state index in [1.807, 2.05) is 51.1 Å². The predicted octanol–water partition coefficient (Wildman–Crippen LogP) is 6.52. The number of alkyl halides is 1. The Kier molecular flexibility index (Phi) is 6.94. The van der Waals surface area contributed by atoms with E-state index >= 15 is 0 Å². The summed E-state index contributed by atoms with van der Waals surface area (Å²) >= 11 is 0. The van der Waals surface area contributed by atoms with Crippen LogP contribution in [-0.4, -0.2) is 29.3 Å². The summed E-state index contributed by atoms with van der Waals surface area (Å²) in [7, 11) is -2.55. The topological polar surface area (TPSA) is 66.9 Å². The van der Waals surface area contributed by atoms with E-state index in [2.05, 4.69) is 34.4 Å². The maximum atomic E-state index is 14.0. The molecule has 7 heteroatoms. The van der Waals surface area contributed by atoms with Crippen LogP contribution < -0.4 is 15.9 Å². The molecule has 32 heavy (non-hydrogen) atoms. The first kappa shape index (κ1) is 24.2. The van der Waals surface area contributed by atoms with Crippen LogP contribution in [0.5, 0.6) is 0 Å². The number of nitrogens with one attached hydrogen (secondary N) is 2. The van der Waals surface area contributed by atoms with E-state index in [4.69, 9.17) is 0 Å². The van der Waals surface area contributed by atoms with Crippen molar-refractivity contribution >= 4 is 34.9 Å². The third-order valence-electron chi connectivity index (χ3n) is 5.62. The highest BCUT2D eigenvalue weighted by molar-refractivity contribution is 7.70. The summed E-state index contributed by atoms with van der Waals surface area (Å²) in [5, 5.41) is 8.52. The van der Waals surface area contributed by atoms with Crippen molar-refractivity contribution in [2.24, 2.45) is 0 Å². The van der Waals surface area contributed by atoms with Gasteiger partial charge in [-0.05, 0) is 83.7 Å². The van der Waals surface area contributed by atoms with E-state index < -0.39 is 13.3 Å². The lowest BCUT2D eigenvalue weighted by Gasteiger charge is -2.22. The van der Waals surface area contributed by atoms with Crippen LogP contribution >= 0.6 is 7.14 Å². The number of benzene rings is 2. The number of fused-ring (bicyclic) bond motifs is 1. The second-order valence-electron chi connectivity index (χ2n) is 9.20. The van der Waals surface area contributed by atoms with E-state index in [1.165, 1.54) is 0 Å². The monoisotopic (exact) mass is 456 g/mol. The number of nitrogens with zero attached hydrogens (tertiary/aromatic N) is 2. The molecule has 0 aliphatic rings. The van der Waals surface area contributed by atoms with Gasteiger partial charge in [0.2, 0.25) is 0 Å². The number of aryl methyl sites for hydroxylation is 1. The van der Waals surface area contributed by atoms with Gasteiger partial charge in [-0.25, -0.2) is 14.4 Å². The molecule has 0 saturated carbocycles. The zero-order valence-electron chi connectivity index (χ0n) is 20.2. The Morgan fingerprint density at radius 3 is 2.22 bits per heavy atom. The molecule has 2 aromatic carbocycles. The fourth-order valence-electron chi connectivity index (χ4n) is 4.12. The number of aromatic nitrogens is 2. The molecule has 3 aromatic rings. The summed E-state index contributed by atoms with van der Waals surface area (Å²) in [5.41, 5.74) is 4.29. The maximum absolute atomic E-state index is 14.0. The fraction of sp³-hybridized carbons (Fsp3) is 0.440. The van der Waals surface area contributed by atoms with Gasteiger partial charge in [0.15, 0.2) is 0 Å². The predicted molar refractivity (Wildman–Crippen MR) is 135 cm³/mol. The van der Waals surface area contributed by atoms with E-state index in [9.17, 15) is 8.96 Å². The maximum Gasteiger partial charge on any atom is 0.138 e. The van der Waals surface area contributed by atoms with Crippen LogP contribution in [0, 0.1) is 13.8 Å². The molecule has 0 bridgehead atoms. The summed E-state index contributed by atoms with van der Waals surface area (Å²) in [6.45, 7) is 15.1. The largest absolute Gasteiger partial charge is 0.382 e. The third-order valence-corrected chi connectivity index (χ3v) is 7.15. The first-order valence-corrected chi connectivity index (χ1v) is 13.6. The molecule has 0 fully saturated rings. The Labute approximate surface area is 190 Å². The molecule has 0 saturated heterocycles. The minimum atomic E-state index is -2.55.